The van der Waals surface area contributed by atoms with Crippen LogP contribution in [0.3, 0.4) is 0 Å². The number of carbonyl (C=O) groups excluding carboxylic acids is 1. The Kier molecular flexibility index (Phi) is 9.35. The first-order valence-electron chi connectivity index (χ1n) is 14.1. The van der Waals surface area contributed by atoms with Gasteiger partial charge in [0.05, 0.1) is 17.8 Å². The molecule has 6 atom stereocenters. The Balaban J connectivity index is 1.50. The first-order valence-corrected chi connectivity index (χ1v) is 14.5. The molecule has 1 amide bonds. The lowest BCUT2D eigenvalue weighted by Crippen LogP contribution is -2.67. The SMILES string of the molecule is CCC1=[N+]2CC(Cl)CN(CCC1)C2C(C(=O)NC1CNCCC1N1CCC(C(C)(C)O)CC1)C(N)N. The van der Waals surface area contributed by atoms with Gasteiger partial charge < -0.3 is 27.2 Å². The van der Waals surface area contributed by atoms with Crippen LogP contribution in [0.2, 0.25) is 0 Å². The number of hydrogen-bond acceptors (Lipinski definition) is 7. The third kappa shape index (κ3) is 6.25. The molecular formula is C26H49ClN7O2+. The second-order valence-corrected chi connectivity index (χ2v) is 12.5. The van der Waals surface area contributed by atoms with Crippen LogP contribution in [-0.4, -0.2) is 112 Å². The van der Waals surface area contributed by atoms with Crippen molar-refractivity contribution < 1.29 is 14.5 Å². The van der Waals surface area contributed by atoms with Crippen LogP contribution in [0.5, 0.6) is 0 Å². The van der Waals surface area contributed by atoms with E-state index in [-0.39, 0.29) is 29.5 Å². The summed E-state index contributed by atoms with van der Waals surface area (Å²) in [6.45, 7) is 12.0. The zero-order valence-electron chi connectivity index (χ0n) is 22.5. The van der Waals surface area contributed by atoms with Crippen molar-refractivity contribution in [1.29, 1.82) is 0 Å². The Morgan fingerprint density at radius 3 is 2.61 bits per heavy atom. The summed E-state index contributed by atoms with van der Waals surface area (Å²) in [6, 6.07) is 0.268. The van der Waals surface area contributed by atoms with E-state index in [0.29, 0.717) is 5.92 Å². The van der Waals surface area contributed by atoms with Crippen LogP contribution in [0.4, 0.5) is 0 Å². The number of nitrogens with two attached hydrogens (primary N) is 2. The molecule has 4 rings (SSSR count). The number of rotatable bonds is 7. The van der Waals surface area contributed by atoms with E-state index in [0.717, 1.165) is 84.3 Å². The van der Waals surface area contributed by atoms with Crippen LogP contribution >= 0.6 is 11.6 Å². The molecule has 0 saturated carbocycles. The normalized spacial score (nSPS) is 33.9. The molecule has 3 fully saturated rings. The molecule has 6 unspecified atom stereocenters. The molecular weight excluding hydrogens is 478 g/mol. The Morgan fingerprint density at radius 2 is 1.97 bits per heavy atom. The van der Waals surface area contributed by atoms with Crippen LogP contribution in [0.25, 0.3) is 0 Å². The molecule has 10 heteroatoms. The van der Waals surface area contributed by atoms with Crippen LogP contribution in [0, 0.1) is 11.8 Å². The van der Waals surface area contributed by atoms with E-state index in [1.807, 2.05) is 13.8 Å². The van der Waals surface area contributed by atoms with Crippen molar-refractivity contribution in [2.24, 2.45) is 23.3 Å². The number of halogens is 1. The first-order chi connectivity index (χ1) is 17.1. The molecule has 0 aromatic rings. The molecule has 0 spiro atoms. The van der Waals surface area contributed by atoms with Gasteiger partial charge in [-0.15, -0.1) is 11.6 Å². The largest absolute Gasteiger partial charge is 0.390 e. The van der Waals surface area contributed by atoms with Gasteiger partial charge in [-0.3, -0.25) is 9.69 Å². The Hall–Kier alpha value is -0.810. The summed E-state index contributed by atoms with van der Waals surface area (Å²) in [6.07, 6.45) is 5.05. The summed E-state index contributed by atoms with van der Waals surface area (Å²) in [5, 5.41) is 17.4. The Morgan fingerprint density at radius 1 is 1.25 bits per heavy atom. The topological polar surface area (TPSA) is 123 Å². The maximum atomic E-state index is 13.9. The van der Waals surface area contributed by atoms with Crippen molar-refractivity contribution in [3.8, 4) is 0 Å². The van der Waals surface area contributed by atoms with Crippen molar-refractivity contribution in [3.63, 3.8) is 0 Å². The van der Waals surface area contributed by atoms with Gasteiger partial charge in [0.15, 0.2) is 12.3 Å². The zero-order valence-corrected chi connectivity index (χ0v) is 23.2. The summed E-state index contributed by atoms with van der Waals surface area (Å²) < 4.78 is 2.34. The molecule has 206 valence electrons. The molecule has 2 bridgehead atoms. The van der Waals surface area contributed by atoms with E-state index >= 15 is 0 Å². The second-order valence-electron chi connectivity index (χ2n) is 11.9. The number of likely N-dealkylation sites (tertiary alicyclic amines) is 1. The fraction of sp³-hybridized carbons (Fsp3) is 0.923. The van der Waals surface area contributed by atoms with Crippen molar-refractivity contribution in [3.05, 3.63) is 0 Å². The monoisotopic (exact) mass is 526 g/mol. The second kappa shape index (κ2) is 11.9. The summed E-state index contributed by atoms with van der Waals surface area (Å²) in [4.78, 5) is 18.8. The molecule has 4 aliphatic heterocycles. The van der Waals surface area contributed by atoms with E-state index in [2.05, 4.69) is 31.9 Å². The van der Waals surface area contributed by atoms with Gasteiger partial charge in [-0.25, -0.2) is 9.48 Å². The van der Waals surface area contributed by atoms with Gasteiger partial charge in [0.25, 0.3) is 0 Å². The van der Waals surface area contributed by atoms with Gasteiger partial charge in [0, 0.05) is 38.5 Å². The van der Waals surface area contributed by atoms with E-state index in [9.17, 15) is 9.90 Å². The average molecular weight is 527 g/mol. The predicted octanol–water partition coefficient (Wildman–Crippen LogP) is 0.0821. The number of amides is 1. The van der Waals surface area contributed by atoms with E-state index in [1.165, 1.54) is 5.71 Å². The maximum Gasteiger partial charge on any atom is 0.234 e. The van der Waals surface area contributed by atoms with Gasteiger partial charge in [-0.05, 0) is 65.1 Å². The summed E-state index contributed by atoms with van der Waals surface area (Å²) in [5.74, 6) is -0.284. The third-order valence-electron chi connectivity index (χ3n) is 9.06. The first kappa shape index (κ1) is 28.2. The van der Waals surface area contributed by atoms with Crippen molar-refractivity contribution in [2.75, 3.05) is 45.8 Å². The summed E-state index contributed by atoms with van der Waals surface area (Å²) in [5.41, 5.74) is 13.4. The molecule has 0 radical (unpaired) electrons. The number of fused-ring (bicyclic) bond motifs is 2. The highest BCUT2D eigenvalue weighted by molar-refractivity contribution is 6.21. The molecule has 0 aromatic carbocycles. The molecule has 7 N–H and O–H groups in total. The van der Waals surface area contributed by atoms with E-state index < -0.39 is 17.7 Å². The molecule has 36 heavy (non-hydrogen) atoms. The highest BCUT2D eigenvalue weighted by Crippen LogP contribution is 2.31. The predicted molar refractivity (Wildman–Crippen MR) is 144 cm³/mol. The maximum absolute atomic E-state index is 13.9. The van der Waals surface area contributed by atoms with Crippen LogP contribution in [-0.2, 0) is 4.79 Å². The molecule has 0 aromatic heterocycles. The highest BCUT2D eigenvalue weighted by atomic mass is 35.5. The number of carbonyl (C=O) groups is 1. The van der Waals surface area contributed by atoms with Crippen LogP contribution in [0.1, 0.15) is 59.3 Å². The van der Waals surface area contributed by atoms with Gasteiger partial charge in [0.1, 0.15) is 11.3 Å². The minimum atomic E-state index is -0.763. The molecule has 9 nitrogen and oxygen atoms in total. The van der Waals surface area contributed by atoms with Crippen molar-refractivity contribution in [1.82, 2.24) is 20.4 Å². The Labute approximate surface area is 222 Å². The lowest BCUT2D eigenvalue weighted by atomic mass is 9.82. The van der Waals surface area contributed by atoms with Crippen molar-refractivity contribution in [2.45, 2.75) is 94.7 Å². The number of aliphatic hydroxyl groups is 1. The van der Waals surface area contributed by atoms with Crippen LogP contribution in [0.15, 0.2) is 0 Å². The molecule has 4 aliphatic rings. The molecule has 3 saturated heterocycles. The number of alkyl halides is 1. The lowest BCUT2D eigenvalue weighted by molar-refractivity contribution is -0.609. The lowest BCUT2D eigenvalue weighted by Gasteiger charge is -2.46. The van der Waals surface area contributed by atoms with E-state index in [4.69, 9.17) is 23.1 Å². The minimum Gasteiger partial charge on any atom is -0.390 e. The highest BCUT2D eigenvalue weighted by Gasteiger charge is 2.50. The zero-order chi connectivity index (χ0) is 26.0. The summed E-state index contributed by atoms with van der Waals surface area (Å²) in [7, 11) is 0. The number of piperidine rings is 2. The van der Waals surface area contributed by atoms with Gasteiger partial charge >= 0.3 is 0 Å². The standard InChI is InChI=1S/C26H48ClN7O2/c1-4-19-6-5-11-33-15-18(27)16-34(19)25(33)22(23(28)29)24(35)31-20-14-30-10-7-21(20)32-12-8-17(9-13-32)26(2,3)36/h17-18,20-23,25,30,36H,4-16,28-29H2,1-3H3/p+1. The van der Waals surface area contributed by atoms with Gasteiger partial charge in [0.2, 0.25) is 12.1 Å². The number of hydrogen-bond donors (Lipinski definition) is 5. The average Bonchev–Trinajstić information content (AvgIpc) is 2.92. The van der Waals surface area contributed by atoms with Gasteiger partial charge in [-0.1, -0.05) is 6.92 Å². The van der Waals surface area contributed by atoms with Crippen molar-refractivity contribution >= 4 is 23.2 Å². The number of nitrogens with zero attached hydrogens (tertiary/aromatic N) is 3. The minimum absolute atomic E-state index is 0.00259. The molecule has 0 aliphatic carbocycles. The quantitative estimate of drug-likeness (QED) is 0.181. The molecule has 4 heterocycles. The Bertz CT molecular complexity index is 794. The fourth-order valence-corrected chi connectivity index (χ4v) is 7.39. The summed E-state index contributed by atoms with van der Waals surface area (Å²) >= 11 is 6.65. The smallest absolute Gasteiger partial charge is 0.234 e. The van der Waals surface area contributed by atoms with E-state index in [1.54, 1.807) is 0 Å². The number of nitrogens with one attached hydrogen (secondary N) is 2. The third-order valence-corrected chi connectivity index (χ3v) is 9.33. The fourth-order valence-electron chi connectivity index (χ4n) is 7.06. The van der Waals surface area contributed by atoms with Gasteiger partial charge in [-0.2, -0.15) is 0 Å². The van der Waals surface area contributed by atoms with Crippen LogP contribution < -0.4 is 22.1 Å².